The number of fused-ring (bicyclic) bond motifs is 1. The van der Waals surface area contributed by atoms with E-state index in [9.17, 15) is 14.6 Å². The number of aromatic nitrogens is 1. The number of nitriles is 1. The van der Waals surface area contributed by atoms with Gasteiger partial charge in [0.15, 0.2) is 0 Å². The Kier molecular flexibility index (Phi) is 5.87. The maximum atomic E-state index is 12.8. The van der Waals surface area contributed by atoms with Crippen LogP contribution in [0.15, 0.2) is 29.2 Å². The van der Waals surface area contributed by atoms with E-state index in [1.54, 1.807) is 0 Å². The summed E-state index contributed by atoms with van der Waals surface area (Å²) < 4.78 is 12.8. The van der Waals surface area contributed by atoms with Crippen molar-refractivity contribution in [3.63, 3.8) is 0 Å². The summed E-state index contributed by atoms with van der Waals surface area (Å²) in [6, 6.07) is 10.3. The van der Waals surface area contributed by atoms with Gasteiger partial charge >= 0.3 is 0 Å². The van der Waals surface area contributed by atoms with Crippen molar-refractivity contribution < 1.29 is 9.32 Å². The Labute approximate surface area is 196 Å². The molecule has 32 heavy (non-hydrogen) atoms. The summed E-state index contributed by atoms with van der Waals surface area (Å²) in [6.45, 7) is 1.77. The van der Waals surface area contributed by atoms with E-state index >= 15 is 0 Å². The average molecular weight is 471 g/mol. The summed E-state index contributed by atoms with van der Waals surface area (Å²) in [5, 5.41) is 24.4. The Bertz CT molecular complexity index is 1080. The summed E-state index contributed by atoms with van der Waals surface area (Å²) in [7, 11) is -1.16. The molecule has 1 aliphatic carbocycles. The zero-order valence-corrected chi connectivity index (χ0v) is 19.5. The van der Waals surface area contributed by atoms with Crippen molar-refractivity contribution in [3.05, 3.63) is 46.2 Å². The van der Waals surface area contributed by atoms with E-state index < -0.39 is 16.3 Å². The lowest BCUT2D eigenvalue weighted by atomic mass is 9.77. The predicted molar refractivity (Wildman–Crippen MR) is 127 cm³/mol. The molecule has 5 rings (SSSR count). The summed E-state index contributed by atoms with van der Waals surface area (Å²) in [5.41, 5.74) is 3.61. The normalized spacial score (nSPS) is 22.2. The fourth-order valence-corrected chi connectivity index (χ4v) is 6.63. The van der Waals surface area contributed by atoms with E-state index in [1.807, 2.05) is 24.3 Å². The molecule has 2 fully saturated rings. The standard InChI is InChI=1S/C24H27ClN4O2S/c25-17-2-4-18(5-3-17)29-11-6-16(7-12-29)21-19(14-26)22(28-24(15-30)9-1-10-24)23-20(27-21)8-13-32(23)31/h2-5,16,30H,1,6-13,15H2,(H,27,28)/t32-/m0/s1. The van der Waals surface area contributed by atoms with Crippen LogP contribution in [0.5, 0.6) is 0 Å². The number of anilines is 2. The zero-order valence-electron chi connectivity index (χ0n) is 17.9. The van der Waals surface area contributed by atoms with E-state index in [4.69, 9.17) is 16.6 Å². The van der Waals surface area contributed by atoms with E-state index in [1.165, 1.54) is 0 Å². The lowest BCUT2D eigenvalue weighted by molar-refractivity contribution is 0.144. The Morgan fingerprint density at radius 3 is 2.59 bits per heavy atom. The minimum atomic E-state index is -1.16. The van der Waals surface area contributed by atoms with Gasteiger partial charge in [0.2, 0.25) is 0 Å². The molecule has 8 heteroatoms. The molecular formula is C24H27ClN4O2S. The topological polar surface area (TPSA) is 89.2 Å². The second kappa shape index (κ2) is 8.66. The fourth-order valence-electron chi connectivity index (χ4n) is 5.13. The van der Waals surface area contributed by atoms with Crippen LogP contribution in [0.25, 0.3) is 0 Å². The van der Waals surface area contributed by atoms with Gasteiger partial charge in [0.1, 0.15) is 6.07 Å². The Hall–Kier alpha value is -2.14. The van der Waals surface area contributed by atoms with Crippen LogP contribution in [-0.2, 0) is 17.2 Å². The van der Waals surface area contributed by atoms with Crippen LogP contribution in [0.2, 0.25) is 5.02 Å². The number of aliphatic hydroxyl groups is 1. The first-order valence-corrected chi connectivity index (χ1v) is 13.0. The molecule has 1 aromatic heterocycles. The van der Waals surface area contributed by atoms with Crippen molar-refractivity contribution in [2.75, 3.05) is 35.7 Å². The van der Waals surface area contributed by atoms with E-state index in [0.29, 0.717) is 28.3 Å². The fraction of sp³-hybridized carbons (Fsp3) is 0.500. The second-order valence-corrected chi connectivity index (χ2v) is 11.0. The first-order chi connectivity index (χ1) is 15.5. The molecule has 168 valence electrons. The molecule has 0 amide bonds. The molecule has 3 aliphatic rings. The predicted octanol–water partition coefficient (Wildman–Crippen LogP) is 3.98. The number of nitrogens with zero attached hydrogens (tertiary/aromatic N) is 3. The molecule has 3 heterocycles. The van der Waals surface area contributed by atoms with Crippen molar-refractivity contribution in [3.8, 4) is 6.07 Å². The van der Waals surface area contributed by atoms with Crippen molar-refractivity contribution >= 4 is 33.8 Å². The number of hydrogen-bond donors (Lipinski definition) is 2. The third kappa shape index (κ3) is 3.79. The van der Waals surface area contributed by atoms with Crippen molar-refractivity contribution in [1.29, 1.82) is 5.26 Å². The molecule has 1 saturated heterocycles. The van der Waals surface area contributed by atoms with Crippen molar-refractivity contribution in [2.24, 2.45) is 0 Å². The van der Waals surface area contributed by atoms with Gasteiger partial charge in [-0.25, -0.2) is 0 Å². The van der Waals surface area contributed by atoms with E-state index in [-0.39, 0.29) is 12.5 Å². The Morgan fingerprint density at radius 1 is 1.28 bits per heavy atom. The highest BCUT2D eigenvalue weighted by atomic mass is 35.5. The van der Waals surface area contributed by atoms with Crippen LogP contribution in [0, 0.1) is 11.3 Å². The molecule has 0 unspecified atom stereocenters. The first-order valence-electron chi connectivity index (χ1n) is 11.3. The Morgan fingerprint density at radius 2 is 2.00 bits per heavy atom. The van der Waals surface area contributed by atoms with Crippen LogP contribution in [0.3, 0.4) is 0 Å². The number of aliphatic hydroxyl groups excluding tert-OH is 1. The van der Waals surface area contributed by atoms with Crippen molar-refractivity contribution in [2.45, 2.75) is 54.9 Å². The molecule has 1 saturated carbocycles. The number of aryl methyl sites for hydroxylation is 1. The third-order valence-electron chi connectivity index (χ3n) is 7.19. The number of pyridine rings is 1. The molecular weight excluding hydrogens is 444 g/mol. The van der Waals surface area contributed by atoms with Gasteiger partial charge in [-0.3, -0.25) is 9.19 Å². The van der Waals surface area contributed by atoms with Crippen LogP contribution in [-0.4, -0.2) is 45.3 Å². The molecule has 0 spiro atoms. The number of nitrogens with one attached hydrogen (secondary N) is 1. The minimum Gasteiger partial charge on any atom is -0.394 e. The molecule has 2 aliphatic heterocycles. The van der Waals surface area contributed by atoms with Crippen molar-refractivity contribution in [1.82, 2.24) is 4.98 Å². The lowest BCUT2D eigenvalue weighted by Gasteiger charge is -2.42. The van der Waals surface area contributed by atoms with Gasteiger partial charge in [0.25, 0.3) is 0 Å². The summed E-state index contributed by atoms with van der Waals surface area (Å²) in [5.74, 6) is 0.728. The molecule has 6 nitrogen and oxygen atoms in total. The van der Waals surface area contributed by atoms with Crippen LogP contribution >= 0.6 is 11.6 Å². The number of rotatable bonds is 5. The lowest BCUT2D eigenvalue weighted by Crippen LogP contribution is -2.48. The highest BCUT2D eigenvalue weighted by Crippen LogP contribution is 2.43. The quantitative estimate of drug-likeness (QED) is 0.687. The number of halogens is 1. The van der Waals surface area contributed by atoms with Gasteiger partial charge in [-0.2, -0.15) is 5.26 Å². The maximum absolute atomic E-state index is 12.8. The number of hydrogen-bond acceptors (Lipinski definition) is 6. The van der Waals surface area contributed by atoms with Gasteiger partial charge in [0.05, 0.1) is 50.5 Å². The highest BCUT2D eigenvalue weighted by Gasteiger charge is 2.40. The number of benzene rings is 1. The van der Waals surface area contributed by atoms with Gasteiger partial charge < -0.3 is 15.3 Å². The van der Waals surface area contributed by atoms with Gasteiger partial charge in [-0.1, -0.05) is 11.6 Å². The molecule has 0 radical (unpaired) electrons. The van der Waals surface area contributed by atoms with Crippen LogP contribution < -0.4 is 10.2 Å². The summed E-state index contributed by atoms with van der Waals surface area (Å²) in [6.07, 6.45) is 5.22. The first kappa shape index (κ1) is 21.7. The highest BCUT2D eigenvalue weighted by molar-refractivity contribution is 7.85. The Balaban J connectivity index is 1.46. The summed E-state index contributed by atoms with van der Waals surface area (Å²) >= 11 is 6.03. The third-order valence-corrected chi connectivity index (χ3v) is 8.91. The van der Waals surface area contributed by atoms with E-state index in [2.05, 4.69) is 16.3 Å². The van der Waals surface area contributed by atoms with Crippen LogP contribution in [0.4, 0.5) is 11.4 Å². The van der Waals surface area contributed by atoms with Crippen LogP contribution in [0.1, 0.15) is 55.0 Å². The van der Waals surface area contributed by atoms with Gasteiger partial charge in [-0.05, 0) is 56.4 Å². The molecule has 2 N–H and O–H groups in total. The monoisotopic (exact) mass is 470 g/mol. The van der Waals surface area contributed by atoms with Gasteiger partial charge in [0, 0.05) is 41.9 Å². The maximum Gasteiger partial charge on any atom is 0.103 e. The average Bonchev–Trinajstić information content (AvgIpc) is 3.17. The molecule has 1 atom stereocenters. The SMILES string of the molecule is N#Cc1c(C2CCN(c3ccc(Cl)cc3)CC2)nc2c(c1NC1(CO)CCC1)[S@@](=O)CC2. The summed E-state index contributed by atoms with van der Waals surface area (Å²) in [4.78, 5) is 7.94. The second-order valence-electron chi connectivity index (χ2n) is 9.09. The molecule has 2 aromatic rings. The molecule has 0 bridgehead atoms. The zero-order chi connectivity index (χ0) is 22.3. The smallest absolute Gasteiger partial charge is 0.103 e. The molecule has 1 aromatic carbocycles. The number of piperidine rings is 1. The minimum absolute atomic E-state index is 0.0103. The van der Waals surface area contributed by atoms with E-state index in [0.717, 1.165) is 67.3 Å². The van der Waals surface area contributed by atoms with Gasteiger partial charge in [-0.15, -0.1) is 0 Å². The largest absolute Gasteiger partial charge is 0.394 e.